The van der Waals surface area contributed by atoms with Crippen molar-refractivity contribution in [3.63, 3.8) is 0 Å². The predicted molar refractivity (Wildman–Crippen MR) is 97.9 cm³/mol. The van der Waals surface area contributed by atoms with Crippen LogP contribution in [0.2, 0.25) is 0 Å². The molecule has 6 heteroatoms. The Balaban J connectivity index is 1.58. The maximum atomic E-state index is 12.6. The Kier molecular flexibility index (Phi) is 5.83. The van der Waals surface area contributed by atoms with Gasteiger partial charge in [0, 0.05) is 13.1 Å². The van der Waals surface area contributed by atoms with Crippen molar-refractivity contribution in [2.75, 3.05) is 20.3 Å². The van der Waals surface area contributed by atoms with Crippen LogP contribution in [0.5, 0.6) is 0 Å². The van der Waals surface area contributed by atoms with Crippen LogP contribution >= 0.6 is 0 Å². The molecule has 0 radical (unpaired) electrons. The molecule has 1 heterocycles. The molecule has 0 spiro atoms. The molecule has 4 amide bonds. The Hall–Kier alpha value is -2.47. The number of rotatable bonds is 7. The van der Waals surface area contributed by atoms with Crippen LogP contribution in [0.3, 0.4) is 0 Å². The Morgan fingerprint density at radius 2 is 1.73 bits per heavy atom. The van der Waals surface area contributed by atoms with E-state index in [-0.39, 0.29) is 13.2 Å². The molecule has 6 nitrogen and oxygen atoms in total. The number of carbonyl (C=O) groups excluding carboxylic acids is 3. The zero-order valence-corrected chi connectivity index (χ0v) is 15.2. The van der Waals surface area contributed by atoms with Gasteiger partial charge in [0.05, 0.1) is 6.67 Å². The Bertz CT molecular complexity index is 714. The van der Waals surface area contributed by atoms with Crippen molar-refractivity contribution in [2.24, 2.45) is 0 Å². The summed E-state index contributed by atoms with van der Waals surface area (Å²) < 4.78 is 0. The van der Waals surface area contributed by atoms with Crippen LogP contribution in [0.15, 0.2) is 42.0 Å². The van der Waals surface area contributed by atoms with Crippen molar-refractivity contribution in [3.8, 4) is 0 Å². The number of allylic oxidation sites excluding steroid dienone is 1. The van der Waals surface area contributed by atoms with Gasteiger partial charge in [0.15, 0.2) is 0 Å². The normalized spacial score (nSPS) is 18.1. The standard InChI is InChI=1S/C20H25N3O3/c1-21(14-17-10-6-3-7-11-17)15-23-19(25)18(24)22(20(23)26)13-12-16-8-4-2-5-9-16/h3,6-8,10-11H,2,4-5,9,12-15H2,1H3. The van der Waals surface area contributed by atoms with Gasteiger partial charge in [-0.2, -0.15) is 0 Å². The van der Waals surface area contributed by atoms with Gasteiger partial charge in [-0.1, -0.05) is 42.0 Å². The zero-order valence-electron chi connectivity index (χ0n) is 15.2. The maximum Gasteiger partial charge on any atom is 0.335 e. The average Bonchev–Trinajstić information content (AvgIpc) is 2.85. The van der Waals surface area contributed by atoms with Crippen molar-refractivity contribution in [3.05, 3.63) is 47.5 Å². The first-order valence-electron chi connectivity index (χ1n) is 9.14. The first-order chi connectivity index (χ1) is 12.6. The molecule has 1 aromatic rings. The molecule has 1 fully saturated rings. The highest BCUT2D eigenvalue weighted by molar-refractivity contribution is 6.44. The van der Waals surface area contributed by atoms with E-state index in [2.05, 4.69) is 6.08 Å². The molecule has 0 bridgehead atoms. The molecule has 3 rings (SSSR count). The molecule has 1 saturated heterocycles. The third kappa shape index (κ3) is 4.19. The van der Waals surface area contributed by atoms with Crippen molar-refractivity contribution >= 4 is 17.8 Å². The van der Waals surface area contributed by atoms with Gasteiger partial charge in [-0.3, -0.25) is 19.4 Å². The lowest BCUT2D eigenvalue weighted by molar-refractivity contribution is -0.143. The highest BCUT2D eigenvalue weighted by Gasteiger charge is 2.44. The van der Waals surface area contributed by atoms with Gasteiger partial charge in [0.25, 0.3) is 0 Å². The number of hydrogen-bond acceptors (Lipinski definition) is 4. The molecular formula is C20H25N3O3. The van der Waals surface area contributed by atoms with Gasteiger partial charge in [0.1, 0.15) is 0 Å². The molecule has 0 unspecified atom stereocenters. The van der Waals surface area contributed by atoms with Crippen molar-refractivity contribution in [1.82, 2.24) is 14.7 Å². The van der Waals surface area contributed by atoms with Gasteiger partial charge in [-0.05, 0) is 44.7 Å². The molecule has 2 aliphatic rings. The summed E-state index contributed by atoms with van der Waals surface area (Å²) in [5.41, 5.74) is 2.37. The van der Waals surface area contributed by atoms with Crippen LogP contribution in [0.4, 0.5) is 4.79 Å². The van der Waals surface area contributed by atoms with Crippen molar-refractivity contribution < 1.29 is 14.4 Å². The number of carbonyl (C=O) groups is 3. The van der Waals surface area contributed by atoms with E-state index in [1.807, 2.05) is 42.3 Å². The lowest BCUT2D eigenvalue weighted by atomic mass is 9.97. The zero-order chi connectivity index (χ0) is 18.5. The van der Waals surface area contributed by atoms with Crippen LogP contribution in [-0.2, 0) is 16.1 Å². The SMILES string of the molecule is CN(Cc1ccccc1)CN1C(=O)C(=O)N(CCC2=CCCCC2)C1=O. The second kappa shape index (κ2) is 8.27. The second-order valence-corrected chi connectivity index (χ2v) is 6.97. The van der Waals surface area contributed by atoms with Crippen LogP contribution in [0, 0.1) is 0 Å². The number of imide groups is 2. The smallest absolute Gasteiger partial charge is 0.284 e. The molecule has 1 aliphatic heterocycles. The largest absolute Gasteiger partial charge is 0.335 e. The summed E-state index contributed by atoms with van der Waals surface area (Å²) in [6, 6.07) is 9.30. The molecule has 0 saturated carbocycles. The fourth-order valence-electron chi connectivity index (χ4n) is 3.45. The molecule has 1 aromatic carbocycles. The molecule has 0 atom stereocenters. The summed E-state index contributed by atoms with van der Waals surface area (Å²) in [6.07, 6.45) is 7.30. The molecule has 138 valence electrons. The van der Waals surface area contributed by atoms with Crippen LogP contribution in [0.25, 0.3) is 0 Å². The second-order valence-electron chi connectivity index (χ2n) is 6.97. The van der Waals surface area contributed by atoms with E-state index in [0.29, 0.717) is 13.0 Å². The van der Waals surface area contributed by atoms with Gasteiger partial charge in [0.2, 0.25) is 0 Å². The summed E-state index contributed by atoms with van der Waals surface area (Å²) in [5.74, 6) is -1.44. The number of urea groups is 1. The van der Waals surface area contributed by atoms with Gasteiger partial charge >= 0.3 is 17.8 Å². The third-order valence-electron chi connectivity index (χ3n) is 4.85. The summed E-state index contributed by atoms with van der Waals surface area (Å²) in [6.45, 7) is 0.991. The van der Waals surface area contributed by atoms with Crippen LogP contribution in [-0.4, -0.2) is 52.8 Å². The van der Waals surface area contributed by atoms with Crippen molar-refractivity contribution in [2.45, 2.75) is 38.6 Å². The molecular weight excluding hydrogens is 330 g/mol. The first-order valence-corrected chi connectivity index (χ1v) is 9.14. The molecule has 1 aliphatic carbocycles. The van der Waals surface area contributed by atoms with Gasteiger partial charge < -0.3 is 0 Å². The molecule has 0 aromatic heterocycles. The first kappa shape index (κ1) is 18.3. The minimum Gasteiger partial charge on any atom is -0.284 e. The fourth-order valence-corrected chi connectivity index (χ4v) is 3.45. The Labute approximate surface area is 154 Å². The summed E-state index contributed by atoms with van der Waals surface area (Å²) >= 11 is 0. The minimum atomic E-state index is -0.729. The number of benzene rings is 1. The summed E-state index contributed by atoms with van der Waals surface area (Å²) in [5, 5.41) is 0. The predicted octanol–water partition coefficient (Wildman–Crippen LogP) is 2.76. The highest BCUT2D eigenvalue weighted by atomic mass is 16.2. The quantitative estimate of drug-likeness (QED) is 0.429. The topological polar surface area (TPSA) is 60.9 Å². The third-order valence-corrected chi connectivity index (χ3v) is 4.85. The number of hydrogen-bond donors (Lipinski definition) is 0. The Morgan fingerprint density at radius 1 is 1.00 bits per heavy atom. The maximum absolute atomic E-state index is 12.6. The lowest BCUT2D eigenvalue weighted by Gasteiger charge is -2.22. The van der Waals surface area contributed by atoms with E-state index in [4.69, 9.17) is 0 Å². The van der Waals surface area contributed by atoms with Gasteiger partial charge in [-0.15, -0.1) is 0 Å². The van der Waals surface area contributed by atoms with E-state index in [1.165, 1.54) is 12.0 Å². The molecule has 26 heavy (non-hydrogen) atoms. The minimum absolute atomic E-state index is 0.109. The van der Waals surface area contributed by atoms with Crippen LogP contribution < -0.4 is 0 Å². The van der Waals surface area contributed by atoms with Crippen LogP contribution in [0.1, 0.15) is 37.7 Å². The van der Waals surface area contributed by atoms with E-state index >= 15 is 0 Å². The number of nitrogens with zero attached hydrogens (tertiary/aromatic N) is 3. The fraction of sp³-hybridized carbons (Fsp3) is 0.450. The lowest BCUT2D eigenvalue weighted by Crippen LogP contribution is -2.40. The van der Waals surface area contributed by atoms with E-state index in [9.17, 15) is 14.4 Å². The van der Waals surface area contributed by atoms with E-state index in [0.717, 1.165) is 34.6 Å². The molecule has 0 N–H and O–H groups in total. The van der Waals surface area contributed by atoms with E-state index in [1.54, 1.807) is 0 Å². The number of amides is 4. The van der Waals surface area contributed by atoms with Gasteiger partial charge in [-0.25, -0.2) is 9.69 Å². The monoisotopic (exact) mass is 355 g/mol. The van der Waals surface area contributed by atoms with Crippen molar-refractivity contribution in [1.29, 1.82) is 0 Å². The average molecular weight is 355 g/mol. The summed E-state index contributed by atoms with van der Waals surface area (Å²) in [4.78, 5) is 41.0. The highest BCUT2D eigenvalue weighted by Crippen LogP contribution is 2.22. The summed E-state index contributed by atoms with van der Waals surface area (Å²) in [7, 11) is 1.83. The van der Waals surface area contributed by atoms with E-state index < -0.39 is 17.8 Å². The Morgan fingerprint density at radius 3 is 2.42 bits per heavy atom.